The molecule has 1 atom stereocenters. The number of carbonyl (C=O) groups excluding carboxylic acids is 1. The van der Waals surface area contributed by atoms with Gasteiger partial charge in [0.2, 0.25) is 0 Å². The molecule has 4 nitrogen and oxygen atoms in total. The molecule has 0 spiro atoms. The lowest BCUT2D eigenvalue weighted by atomic mass is 9.91. The fraction of sp³-hybridized carbons (Fsp3) is 0.480. The van der Waals surface area contributed by atoms with Crippen LogP contribution in [0.4, 0.5) is 0 Å². The minimum atomic E-state index is 0.401. The molecule has 1 aliphatic rings. The van der Waals surface area contributed by atoms with Crippen molar-refractivity contribution in [3.8, 4) is 5.75 Å². The largest absolute Gasteiger partial charge is 0.491 e. The molecule has 0 N–H and O–H groups in total. The van der Waals surface area contributed by atoms with Crippen molar-refractivity contribution in [3.05, 3.63) is 65.7 Å². The third-order valence-electron chi connectivity index (χ3n) is 5.54. The lowest BCUT2D eigenvalue weighted by molar-refractivity contribution is -0.120. The van der Waals surface area contributed by atoms with E-state index in [0.717, 1.165) is 38.2 Å². The van der Waals surface area contributed by atoms with E-state index in [9.17, 15) is 4.79 Å². The lowest BCUT2D eigenvalue weighted by Crippen LogP contribution is -2.35. The Balaban J connectivity index is 1.41. The Morgan fingerprint density at radius 3 is 2.59 bits per heavy atom. The summed E-state index contributed by atoms with van der Waals surface area (Å²) in [6.45, 7) is 4.24. The Morgan fingerprint density at radius 1 is 1.03 bits per heavy atom. The fourth-order valence-electron chi connectivity index (χ4n) is 4.01. The number of benzene rings is 2. The van der Waals surface area contributed by atoms with Crippen molar-refractivity contribution in [2.45, 2.75) is 38.6 Å². The second kappa shape index (κ2) is 11.7. The van der Waals surface area contributed by atoms with Crippen LogP contribution in [0.2, 0.25) is 0 Å². The highest BCUT2D eigenvalue weighted by Gasteiger charge is 2.22. The average Bonchev–Trinajstić information content (AvgIpc) is 2.75. The van der Waals surface area contributed by atoms with Crippen molar-refractivity contribution in [1.29, 1.82) is 0 Å². The van der Waals surface area contributed by atoms with Crippen LogP contribution in [0.3, 0.4) is 0 Å². The Bertz CT molecular complexity index is 729. The van der Waals surface area contributed by atoms with Crippen LogP contribution in [0, 0.1) is 5.92 Å². The van der Waals surface area contributed by atoms with Gasteiger partial charge in [-0.05, 0) is 55.0 Å². The summed E-state index contributed by atoms with van der Waals surface area (Å²) in [6.07, 6.45) is 4.57. The van der Waals surface area contributed by atoms with Crippen LogP contribution in [0.15, 0.2) is 54.6 Å². The molecule has 1 aliphatic heterocycles. The van der Waals surface area contributed by atoms with Crippen LogP contribution in [0.1, 0.15) is 36.8 Å². The number of carbonyl (C=O) groups is 1. The number of hydrogen-bond acceptors (Lipinski definition) is 4. The van der Waals surface area contributed by atoms with Gasteiger partial charge in [-0.15, -0.1) is 0 Å². The van der Waals surface area contributed by atoms with Crippen molar-refractivity contribution in [3.63, 3.8) is 0 Å². The number of methoxy groups -OCH3 is 1. The second-order valence-corrected chi connectivity index (χ2v) is 7.96. The van der Waals surface area contributed by atoms with Crippen molar-refractivity contribution < 1.29 is 14.3 Å². The molecular weight excluding hydrogens is 362 g/mol. The molecule has 1 saturated heterocycles. The Kier molecular flexibility index (Phi) is 8.72. The normalized spacial score (nSPS) is 17.2. The van der Waals surface area contributed by atoms with Crippen LogP contribution in [-0.2, 0) is 22.5 Å². The third kappa shape index (κ3) is 7.64. The highest BCUT2D eigenvalue weighted by atomic mass is 16.5. The van der Waals surface area contributed by atoms with Gasteiger partial charge in [-0.2, -0.15) is 0 Å². The maximum atomic E-state index is 12.5. The molecule has 1 unspecified atom stereocenters. The lowest BCUT2D eigenvalue weighted by Gasteiger charge is -2.32. The Labute approximate surface area is 174 Å². The van der Waals surface area contributed by atoms with Crippen LogP contribution in [0.25, 0.3) is 0 Å². The van der Waals surface area contributed by atoms with E-state index in [1.165, 1.54) is 24.0 Å². The number of piperidine rings is 1. The Hall–Kier alpha value is -2.17. The van der Waals surface area contributed by atoms with Gasteiger partial charge < -0.3 is 9.47 Å². The van der Waals surface area contributed by atoms with Crippen LogP contribution < -0.4 is 4.74 Å². The van der Waals surface area contributed by atoms with E-state index in [1.807, 2.05) is 30.3 Å². The van der Waals surface area contributed by atoms with Crippen LogP contribution in [0.5, 0.6) is 5.75 Å². The molecule has 4 heteroatoms. The SMILES string of the molecule is COCCOc1ccc(CN2CCCC(CC(=O)CCc3ccccc3)C2)cc1. The predicted molar refractivity (Wildman–Crippen MR) is 116 cm³/mol. The van der Waals surface area contributed by atoms with Gasteiger partial charge >= 0.3 is 0 Å². The summed E-state index contributed by atoms with van der Waals surface area (Å²) in [6, 6.07) is 18.6. The van der Waals surface area contributed by atoms with Gasteiger partial charge in [0, 0.05) is 33.0 Å². The number of ether oxygens (including phenoxy) is 2. The zero-order valence-corrected chi connectivity index (χ0v) is 17.5. The fourth-order valence-corrected chi connectivity index (χ4v) is 4.01. The standard InChI is InChI=1S/C25H33NO3/c1-28-16-17-29-25-13-10-22(11-14-25)19-26-15-5-8-23(20-26)18-24(27)12-9-21-6-3-2-4-7-21/h2-4,6-7,10-11,13-14,23H,5,8-9,12,15-20H2,1H3. The maximum absolute atomic E-state index is 12.5. The molecule has 0 amide bonds. The number of nitrogens with zero attached hydrogens (tertiary/aromatic N) is 1. The summed E-state index contributed by atoms with van der Waals surface area (Å²) in [5.74, 6) is 1.77. The second-order valence-electron chi connectivity index (χ2n) is 7.96. The highest BCUT2D eigenvalue weighted by Crippen LogP contribution is 2.23. The van der Waals surface area contributed by atoms with E-state index in [1.54, 1.807) is 7.11 Å². The van der Waals surface area contributed by atoms with Gasteiger partial charge in [0.1, 0.15) is 18.1 Å². The molecule has 0 radical (unpaired) electrons. The molecule has 2 aromatic rings. The molecule has 0 saturated carbocycles. The van der Waals surface area contributed by atoms with E-state index in [4.69, 9.17) is 9.47 Å². The first-order valence-corrected chi connectivity index (χ1v) is 10.7. The van der Waals surface area contributed by atoms with Gasteiger partial charge in [0.05, 0.1) is 6.61 Å². The number of Topliss-reactive ketones (excluding diaryl/α,β-unsaturated/α-hetero) is 1. The molecule has 2 aromatic carbocycles. The summed E-state index contributed by atoms with van der Waals surface area (Å²) in [4.78, 5) is 14.9. The number of hydrogen-bond donors (Lipinski definition) is 0. The summed E-state index contributed by atoms with van der Waals surface area (Å²) in [5.41, 5.74) is 2.54. The quantitative estimate of drug-likeness (QED) is 0.525. The molecular formula is C25H33NO3. The predicted octanol–water partition coefficient (Wildman–Crippen LogP) is 4.52. The smallest absolute Gasteiger partial charge is 0.133 e. The van der Waals surface area contributed by atoms with Crippen molar-refractivity contribution in [2.24, 2.45) is 5.92 Å². The molecule has 0 bridgehead atoms. The summed E-state index contributed by atoms with van der Waals surface area (Å²) in [7, 11) is 1.68. The van der Waals surface area contributed by atoms with Crippen LogP contribution >= 0.6 is 0 Å². The minimum Gasteiger partial charge on any atom is -0.491 e. The first-order chi connectivity index (χ1) is 14.2. The molecule has 0 aromatic heterocycles. The minimum absolute atomic E-state index is 0.401. The van der Waals surface area contributed by atoms with Gasteiger partial charge in [0.25, 0.3) is 0 Å². The molecule has 29 heavy (non-hydrogen) atoms. The molecule has 3 rings (SSSR count). The zero-order valence-electron chi connectivity index (χ0n) is 17.5. The van der Waals surface area contributed by atoms with Crippen molar-refractivity contribution >= 4 is 5.78 Å². The van der Waals surface area contributed by atoms with Crippen LogP contribution in [-0.4, -0.2) is 44.1 Å². The summed E-state index contributed by atoms with van der Waals surface area (Å²) < 4.78 is 10.6. The van der Waals surface area contributed by atoms with Crippen molar-refractivity contribution in [1.82, 2.24) is 4.90 Å². The number of likely N-dealkylation sites (tertiary alicyclic amines) is 1. The third-order valence-corrected chi connectivity index (χ3v) is 5.54. The van der Waals surface area contributed by atoms with E-state index < -0.39 is 0 Å². The van der Waals surface area contributed by atoms with Gasteiger partial charge in [0.15, 0.2) is 0 Å². The van der Waals surface area contributed by atoms with E-state index in [0.29, 0.717) is 31.3 Å². The first-order valence-electron chi connectivity index (χ1n) is 10.7. The summed E-state index contributed by atoms with van der Waals surface area (Å²) >= 11 is 0. The molecule has 0 aliphatic carbocycles. The maximum Gasteiger partial charge on any atom is 0.133 e. The molecule has 1 heterocycles. The number of aryl methyl sites for hydroxylation is 1. The topological polar surface area (TPSA) is 38.8 Å². The number of rotatable bonds is 11. The zero-order chi connectivity index (χ0) is 20.3. The highest BCUT2D eigenvalue weighted by molar-refractivity contribution is 5.78. The van der Waals surface area contributed by atoms with Gasteiger partial charge in [-0.3, -0.25) is 9.69 Å². The molecule has 1 fully saturated rings. The molecule has 156 valence electrons. The van der Waals surface area contributed by atoms with Gasteiger partial charge in [-0.25, -0.2) is 0 Å². The van der Waals surface area contributed by atoms with E-state index in [2.05, 4.69) is 29.2 Å². The van der Waals surface area contributed by atoms with Crippen molar-refractivity contribution in [2.75, 3.05) is 33.4 Å². The van der Waals surface area contributed by atoms with E-state index >= 15 is 0 Å². The average molecular weight is 396 g/mol. The van der Waals surface area contributed by atoms with E-state index in [-0.39, 0.29) is 0 Å². The monoisotopic (exact) mass is 395 g/mol. The van der Waals surface area contributed by atoms with Gasteiger partial charge in [-0.1, -0.05) is 42.5 Å². The Morgan fingerprint density at radius 2 is 1.83 bits per heavy atom. The first kappa shape index (κ1) is 21.5. The number of ketones is 1. The summed E-state index contributed by atoms with van der Waals surface area (Å²) in [5, 5.41) is 0.